The molecule has 6 nitrogen and oxygen atoms in total. The molecule has 0 radical (unpaired) electrons. The maximum absolute atomic E-state index is 13.0. The molecule has 136 valence electrons. The van der Waals surface area contributed by atoms with Crippen molar-refractivity contribution in [2.45, 2.75) is 38.8 Å². The van der Waals surface area contributed by atoms with Crippen molar-refractivity contribution >= 4 is 28.6 Å². The van der Waals surface area contributed by atoms with Crippen molar-refractivity contribution in [3.05, 3.63) is 48.0 Å². The average molecular weight is 353 g/mol. The highest BCUT2D eigenvalue weighted by molar-refractivity contribution is 6.10. The molecular weight excluding hydrogens is 330 g/mol. The first-order valence-electron chi connectivity index (χ1n) is 8.55. The third kappa shape index (κ3) is 3.14. The van der Waals surface area contributed by atoms with Gasteiger partial charge in [-0.3, -0.25) is 14.5 Å². The zero-order valence-corrected chi connectivity index (χ0v) is 15.4. The highest BCUT2D eigenvalue weighted by Gasteiger charge is 2.50. The Morgan fingerprint density at radius 1 is 1.12 bits per heavy atom. The monoisotopic (exact) mass is 353 g/mol. The van der Waals surface area contributed by atoms with Gasteiger partial charge in [-0.25, -0.2) is 4.79 Å². The number of rotatable bonds is 3. The van der Waals surface area contributed by atoms with E-state index in [1.54, 1.807) is 6.92 Å². The van der Waals surface area contributed by atoms with Crippen LogP contribution < -0.4 is 10.6 Å². The molecule has 6 heteroatoms. The Labute approximate surface area is 152 Å². The van der Waals surface area contributed by atoms with Crippen LogP contribution in [0.2, 0.25) is 0 Å². The molecule has 1 aliphatic rings. The van der Waals surface area contributed by atoms with Crippen molar-refractivity contribution in [1.29, 1.82) is 0 Å². The fraction of sp³-hybridized carbons (Fsp3) is 0.350. The normalized spacial score (nSPS) is 20.4. The number of urea groups is 1. The predicted octanol–water partition coefficient (Wildman–Crippen LogP) is 2.52. The molecule has 2 aromatic rings. The quantitative estimate of drug-likeness (QED) is 0.832. The van der Waals surface area contributed by atoms with Crippen LogP contribution in [0.3, 0.4) is 0 Å². The van der Waals surface area contributed by atoms with E-state index >= 15 is 0 Å². The molecule has 1 heterocycles. The van der Waals surface area contributed by atoms with Gasteiger partial charge in [-0.05, 0) is 44.0 Å². The minimum absolute atomic E-state index is 0.303. The van der Waals surface area contributed by atoms with Crippen molar-refractivity contribution in [3.63, 3.8) is 0 Å². The number of benzene rings is 2. The second-order valence-corrected chi connectivity index (χ2v) is 7.77. The molecule has 26 heavy (non-hydrogen) atoms. The van der Waals surface area contributed by atoms with E-state index in [0.717, 1.165) is 15.7 Å². The fourth-order valence-corrected chi connectivity index (χ4v) is 3.29. The van der Waals surface area contributed by atoms with Crippen LogP contribution in [-0.2, 0) is 15.1 Å². The van der Waals surface area contributed by atoms with Crippen LogP contribution in [0.25, 0.3) is 10.8 Å². The summed E-state index contributed by atoms with van der Waals surface area (Å²) in [5.41, 5.74) is -0.928. The second kappa shape index (κ2) is 6.12. The van der Waals surface area contributed by atoms with Crippen molar-refractivity contribution in [2.75, 3.05) is 6.54 Å². The molecule has 0 unspecified atom stereocenters. The Hall–Kier alpha value is -2.89. The highest BCUT2D eigenvalue weighted by atomic mass is 16.2. The van der Waals surface area contributed by atoms with Crippen molar-refractivity contribution < 1.29 is 14.4 Å². The topological polar surface area (TPSA) is 78.5 Å². The maximum Gasteiger partial charge on any atom is 0.325 e. The number of fused-ring (bicyclic) bond motifs is 1. The summed E-state index contributed by atoms with van der Waals surface area (Å²) >= 11 is 0. The summed E-state index contributed by atoms with van der Waals surface area (Å²) in [6.45, 7) is 6.91. The highest BCUT2D eigenvalue weighted by Crippen LogP contribution is 2.33. The van der Waals surface area contributed by atoms with Crippen LogP contribution in [0.4, 0.5) is 4.79 Å². The smallest absolute Gasteiger partial charge is 0.325 e. The zero-order valence-electron chi connectivity index (χ0n) is 15.4. The van der Waals surface area contributed by atoms with E-state index in [2.05, 4.69) is 10.6 Å². The summed E-state index contributed by atoms with van der Waals surface area (Å²) < 4.78 is 0. The second-order valence-electron chi connectivity index (χ2n) is 7.77. The van der Waals surface area contributed by atoms with Crippen LogP contribution in [0.15, 0.2) is 42.5 Å². The van der Waals surface area contributed by atoms with Gasteiger partial charge in [-0.15, -0.1) is 0 Å². The van der Waals surface area contributed by atoms with Gasteiger partial charge in [0.1, 0.15) is 12.1 Å². The Morgan fingerprint density at radius 3 is 2.46 bits per heavy atom. The Bertz CT molecular complexity index is 895. The fourth-order valence-electron chi connectivity index (χ4n) is 3.29. The number of nitrogens with zero attached hydrogens (tertiary/aromatic N) is 1. The lowest BCUT2D eigenvalue weighted by Gasteiger charge is -2.25. The molecular formula is C20H23N3O3. The van der Waals surface area contributed by atoms with E-state index in [4.69, 9.17) is 0 Å². The van der Waals surface area contributed by atoms with Crippen molar-refractivity contribution in [1.82, 2.24) is 15.5 Å². The summed E-state index contributed by atoms with van der Waals surface area (Å²) in [5.74, 6) is -0.800. The minimum atomic E-state index is -1.21. The molecule has 4 amide bonds. The molecule has 3 rings (SSSR count). The number of amides is 4. The van der Waals surface area contributed by atoms with E-state index in [-0.39, 0.29) is 12.5 Å². The van der Waals surface area contributed by atoms with Gasteiger partial charge in [0.2, 0.25) is 5.91 Å². The zero-order chi connectivity index (χ0) is 19.1. The third-order valence-electron chi connectivity index (χ3n) is 4.42. The lowest BCUT2D eigenvalue weighted by molar-refractivity contribution is -0.135. The molecule has 0 bridgehead atoms. The molecule has 0 saturated carbocycles. The summed E-state index contributed by atoms with van der Waals surface area (Å²) in [6.07, 6.45) is 0. The number of hydrogen-bond donors (Lipinski definition) is 2. The molecule has 1 aliphatic heterocycles. The minimum Gasteiger partial charge on any atom is -0.350 e. The molecule has 1 saturated heterocycles. The van der Waals surface area contributed by atoms with Crippen LogP contribution in [0, 0.1) is 0 Å². The SMILES string of the molecule is CC(C)(C)NC(=O)CN1C(=O)N[C@](C)(c2cccc3ccccc23)C1=O. The molecule has 0 aromatic heterocycles. The van der Waals surface area contributed by atoms with Crippen LogP contribution in [0.1, 0.15) is 33.3 Å². The number of hydrogen-bond acceptors (Lipinski definition) is 3. The van der Waals surface area contributed by atoms with Crippen LogP contribution in [0.5, 0.6) is 0 Å². The van der Waals surface area contributed by atoms with Gasteiger partial charge in [0, 0.05) is 5.54 Å². The molecule has 2 N–H and O–H groups in total. The number of carbonyl (C=O) groups excluding carboxylic acids is 3. The molecule has 1 atom stereocenters. The van der Waals surface area contributed by atoms with Gasteiger partial charge in [0.05, 0.1) is 0 Å². The molecule has 0 aliphatic carbocycles. The van der Waals surface area contributed by atoms with E-state index in [0.29, 0.717) is 5.56 Å². The summed E-state index contributed by atoms with van der Waals surface area (Å²) in [5, 5.41) is 7.41. The molecule has 2 aromatic carbocycles. The Balaban J connectivity index is 1.93. The lowest BCUT2D eigenvalue weighted by atomic mass is 9.88. The van der Waals surface area contributed by atoms with E-state index in [1.807, 2.05) is 63.2 Å². The van der Waals surface area contributed by atoms with Gasteiger partial charge in [0.15, 0.2) is 0 Å². The van der Waals surface area contributed by atoms with E-state index in [9.17, 15) is 14.4 Å². The average Bonchev–Trinajstić information content (AvgIpc) is 2.77. The molecule has 0 spiro atoms. The van der Waals surface area contributed by atoms with Crippen molar-refractivity contribution in [2.24, 2.45) is 0 Å². The summed E-state index contributed by atoms with van der Waals surface area (Å²) in [7, 11) is 0. The third-order valence-corrected chi connectivity index (χ3v) is 4.42. The lowest BCUT2D eigenvalue weighted by Crippen LogP contribution is -2.48. The maximum atomic E-state index is 13.0. The van der Waals surface area contributed by atoms with Gasteiger partial charge < -0.3 is 10.6 Å². The largest absolute Gasteiger partial charge is 0.350 e. The standard InChI is InChI=1S/C20H23N3O3/c1-19(2,3)21-16(24)12-23-17(25)20(4,22-18(23)26)15-11-7-9-13-8-5-6-10-14(13)15/h5-11H,12H2,1-4H3,(H,21,24)(H,22,26)/t20-/m1/s1. The first-order chi connectivity index (χ1) is 12.1. The first kappa shape index (κ1) is 17.9. The van der Waals surface area contributed by atoms with Crippen LogP contribution >= 0.6 is 0 Å². The van der Waals surface area contributed by atoms with Crippen molar-refractivity contribution in [3.8, 4) is 0 Å². The van der Waals surface area contributed by atoms with Gasteiger partial charge >= 0.3 is 6.03 Å². The predicted molar refractivity (Wildman–Crippen MR) is 99.4 cm³/mol. The number of carbonyl (C=O) groups is 3. The van der Waals surface area contributed by atoms with Gasteiger partial charge in [-0.1, -0.05) is 42.5 Å². The Kier molecular flexibility index (Phi) is 4.22. The first-order valence-corrected chi connectivity index (χ1v) is 8.55. The molecule has 1 fully saturated rings. The van der Waals surface area contributed by atoms with E-state index in [1.165, 1.54) is 0 Å². The summed E-state index contributed by atoms with van der Waals surface area (Å²) in [6, 6.07) is 12.8. The van der Waals surface area contributed by atoms with Gasteiger partial charge in [0.25, 0.3) is 5.91 Å². The van der Waals surface area contributed by atoms with Crippen LogP contribution in [-0.4, -0.2) is 34.8 Å². The number of nitrogens with one attached hydrogen (secondary N) is 2. The number of imide groups is 1. The van der Waals surface area contributed by atoms with E-state index < -0.39 is 23.0 Å². The summed E-state index contributed by atoms with van der Waals surface area (Å²) in [4.78, 5) is 38.6. The Morgan fingerprint density at radius 2 is 1.77 bits per heavy atom. The van der Waals surface area contributed by atoms with Gasteiger partial charge in [-0.2, -0.15) is 0 Å².